The third-order valence-corrected chi connectivity index (χ3v) is 3.34. The van der Waals surface area contributed by atoms with Crippen molar-refractivity contribution in [2.45, 2.75) is 31.7 Å². The van der Waals surface area contributed by atoms with E-state index in [2.05, 4.69) is 18.3 Å². The highest BCUT2D eigenvalue weighted by atomic mass is 16.1. The molecule has 16 heavy (non-hydrogen) atoms. The minimum Gasteiger partial charge on any atom is -0.368 e. The number of primary amides is 1. The molecule has 0 bridgehead atoms. The second-order valence-electron chi connectivity index (χ2n) is 4.35. The zero-order valence-corrected chi connectivity index (χ0v) is 9.62. The molecule has 3 nitrogen and oxygen atoms in total. The van der Waals surface area contributed by atoms with E-state index in [1.165, 1.54) is 5.56 Å². The minimum absolute atomic E-state index is 0.258. The number of aryl methyl sites for hydroxylation is 1. The van der Waals surface area contributed by atoms with Crippen molar-refractivity contribution in [3.8, 4) is 0 Å². The van der Waals surface area contributed by atoms with Crippen molar-refractivity contribution in [2.75, 3.05) is 6.54 Å². The number of nitrogens with one attached hydrogen (secondary N) is 1. The maximum absolute atomic E-state index is 11.8. The van der Waals surface area contributed by atoms with Gasteiger partial charge in [-0.05, 0) is 36.9 Å². The van der Waals surface area contributed by atoms with Crippen LogP contribution < -0.4 is 11.1 Å². The van der Waals surface area contributed by atoms with E-state index in [-0.39, 0.29) is 5.91 Å². The Morgan fingerprint density at radius 3 is 2.94 bits per heavy atom. The molecule has 1 aromatic rings. The molecule has 0 aliphatic heterocycles. The fourth-order valence-corrected chi connectivity index (χ4v) is 2.48. The average molecular weight is 218 g/mol. The van der Waals surface area contributed by atoms with E-state index < -0.39 is 5.54 Å². The van der Waals surface area contributed by atoms with Crippen LogP contribution in [0.2, 0.25) is 0 Å². The van der Waals surface area contributed by atoms with Crippen LogP contribution >= 0.6 is 0 Å². The van der Waals surface area contributed by atoms with Crippen molar-refractivity contribution in [1.29, 1.82) is 0 Å². The first-order chi connectivity index (χ1) is 7.70. The van der Waals surface area contributed by atoms with Crippen molar-refractivity contribution < 1.29 is 4.79 Å². The van der Waals surface area contributed by atoms with Crippen molar-refractivity contribution in [1.82, 2.24) is 5.32 Å². The molecule has 1 unspecified atom stereocenters. The van der Waals surface area contributed by atoms with E-state index in [0.29, 0.717) is 0 Å². The molecule has 1 amide bonds. The molecule has 2 rings (SSSR count). The molecule has 0 spiro atoms. The van der Waals surface area contributed by atoms with Gasteiger partial charge in [0.15, 0.2) is 0 Å². The summed E-state index contributed by atoms with van der Waals surface area (Å²) in [7, 11) is 0. The number of nitrogens with two attached hydrogens (primary N) is 1. The SMILES string of the molecule is CCCNC1(C(N)=O)CCc2ccccc21. The summed E-state index contributed by atoms with van der Waals surface area (Å²) in [6.07, 6.45) is 2.70. The summed E-state index contributed by atoms with van der Waals surface area (Å²) in [4.78, 5) is 11.8. The van der Waals surface area contributed by atoms with E-state index in [9.17, 15) is 4.79 Å². The molecular formula is C13H18N2O. The van der Waals surface area contributed by atoms with Gasteiger partial charge in [-0.3, -0.25) is 10.1 Å². The molecule has 1 atom stereocenters. The topological polar surface area (TPSA) is 55.1 Å². The van der Waals surface area contributed by atoms with E-state index >= 15 is 0 Å². The normalized spacial score (nSPS) is 23.1. The molecule has 3 heteroatoms. The fourth-order valence-electron chi connectivity index (χ4n) is 2.48. The van der Waals surface area contributed by atoms with Crippen molar-refractivity contribution in [3.63, 3.8) is 0 Å². The summed E-state index contributed by atoms with van der Waals surface area (Å²) < 4.78 is 0. The quantitative estimate of drug-likeness (QED) is 0.800. The number of carbonyl (C=O) groups excluding carboxylic acids is 1. The van der Waals surface area contributed by atoms with Crippen LogP contribution in [0.4, 0.5) is 0 Å². The van der Waals surface area contributed by atoms with Gasteiger partial charge in [-0.15, -0.1) is 0 Å². The first-order valence-corrected chi connectivity index (χ1v) is 5.84. The van der Waals surface area contributed by atoms with Gasteiger partial charge in [0.25, 0.3) is 0 Å². The lowest BCUT2D eigenvalue weighted by Crippen LogP contribution is -2.51. The zero-order chi connectivity index (χ0) is 11.6. The van der Waals surface area contributed by atoms with Crippen LogP contribution in [0.3, 0.4) is 0 Å². The zero-order valence-electron chi connectivity index (χ0n) is 9.62. The molecule has 1 aliphatic carbocycles. The number of fused-ring (bicyclic) bond motifs is 1. The Balaban J connectivity index is 2.39. The Morgan fingerprint density at radius 1 is 1.50 bits per heavy atom. The maximum atomic E-state index is 11.8. The third kappa shape index (κ3) is 1.61. The molecule has 3 N–H and O–H groups in total. The average Bonchev–Trinajstić information content (AvgIpc) is 2.67. The van der Waals surface area contributed by atoms with Gasteiger partial charge in [-0.25, -0.2) is 0 Å². The third-order valence-electron chi connectivity index (χ3n) is 3.34. The van der Waals surface area contributed by atoms with Crippen molar-refractivity contribution >= 4 is 5.91 Å². The molecule has 0 heterocycles. The predicted octanol–water partition coefficient (Wildman–Crippen LogP) is 1.31. The highest BCUT2D eigenvalue weighted by Crippen LogP contribution is 2.36. The highest BCUT2D eigenvalue weighted by Gasteiger charge is 2.42. The second kappa shape index (κ2) is 4.26. The van der Waals surface area contributed by atoms with Gasteiger partial charge in [-0.1, -0.05) is 31.2 Å². The maximum Gasteiger partial charge on any atom is 0.242 e. The van der Waals surface area contributed by atoms with E-state index in [0.717, 1.165) is 31.4 Å². The molecule has 0 aromatic heterocycles. The summed E-state index contributed by atoms with van der Waals surface area (Å²) in [5.74, 6) is -0.258. The smallest absolute Gasteiger partial charge is 0.242 e. The lowest BCUT2D eigenvalue weighted by molar-refractivity contribution is -0.124. The van der Waals surface area contributed by atoms with Gasteiger partial charge in [0.1, 0.15) is 5.54 Å². The minimum atomic E-state index is -0.632. The molecule has 1 aliphatic rings. The van der Waals surface area contributed by atoms with Gasteiger partial charge < -0.3 is 5.73 Å². The number of rotatable bonds is 4. The first kappa shape index (κ1) is 11.1. The highest BCUT2D eigenvalue weighted by molar-refractivity contribution is 5.87. The van der Waals surface area contributed by atoms with Gasteiger partial charge in [0.05, 0.1) is 0 Å². The summed E-state index contributed by atoms with van der Waals surface area (Å²) in [6.45, 7) is 2.90. The summed E-state index contributed by atoms with van der Waals surface area (Å²) in [5, 5.41) is 3.33. The van der Waals surface area contributed by atoms with Gasteiger partial charge in [0.2, 0.25) is 5.91 Å². The number of carbonyl (C=O) groups is 1. The molecule has 0 fully saturated rings. The fraction of sp³-hybridized carbons (Fsp3) is 0.462. The Kier molecular flexibility index (Phi) is 2.97. The summed E-state index contributed by atoms with van der Waals surface area (Å²) >= 11 is 0. The second-order valence-corrected chi connectivity index (χ2v) is 4.35. The summed E-state index contributed by atoms with van der Waals surface area (Å²) in [6, 6.07) is 8.06. The van der Waals surface area contributed by atoms with Gasteiger partial charge in [0, 0.05) is 0 Å². The molecule has 86 valence electrons. The van der Waals surface area contributed by atoms with Crippen LogP contribution in [0.15, 0.2) is 24.3 Å². The molecule has 0 radical (unpaired) electrons. The molecular weight excluding hydrogens is 200 g/mol. The van der Waals surface area contributed by atoms with Gasteiger partial charge in [-0.2, -0.15) is 0 Å². The van der Waals surface area contributed by atoms with Crippen molar-refractivity contribution in [2.24, 2.45) is 5.73 Å². The van der Waals surface area contributed by atoms with E-state index in [1.54, 1.807) is 0 Å². The van der Waals surface area contributed by atoms with Crippen LogP contribution in [-0.2, 0) is 16.8 Å². The number of hydrogen-bond acceptors (Lipinski definition) is 2. The largest absolute Gasteiger partial charge is 0.368 e. The Hall–Kier alpha value is -1.35. The first-order valence-electron chi connectivity index (χ1n) is 5.84. The predicted molar refractivity (Wildman–Crippen MR) is 63.9 cm³/mol. The molecule has 0 saturated carbocycles. The molecule has 0 saturated heterocycles. The Bertz CT molecular complexity index is 403. The van der Waals surface area contributed by atoms with E-state index in [1.807, 2.05) is 18.2 Å². The Labute approximate surface area is 96.0 Å². The van der Waals surface area contributed by atoms with Crippen LogP contribution in [0.25, 0.3) is 0 Å². The lowest BCUT2D eigenvalue weighted by atomic mass is 9.91. The lowest BCUT2D eigenvalue weighted by Gasteiger charge is -2.28. The monoisotopic (exact) mass is 218 g/mol. The van der Waals surface area contributed by atoms with Crippen LogP contribution in [0, 0.1) is 0 Å². The molecule has 1 aromatic carbocycles. The van der Waals surface area contributed by atoms with Crippen molar-refractivity contribution in [3.05, 3.63) is 35.4 Å². The van der Waals surface area contributed by atoms with Gasteiger partial charge >= 0.3 is 0 Å². The van der Waals surface area contributed by atoms with Crippen LogP contribution in [0.1, 0.15) is 30.9 Å². The number of hydrogen-bond donors (Lipinski definition) is 2. The number of amides is 1. The summed E-state index contributed by atoms with van der Waals surface area (Å²) in [5.41, 5.74) is 7.26. The van der Waals surface area contributed by atoms with Crippen LogP contribution in [-0.4, -0.2) is 12.5 Å². The number of benzene rings is 1. The Morgan fingerprint density at radius 2 is 2.25 bits per heavy atom. The van der Waals surface area contributed by atoms with E-state index in [4.69, 9.17) is 5.73 Å². The standard InChI is InChI=1S/C13H18N2O/c1-2-9-15-13(12(14)16)8-7-10-5-3-4-6-11(10)13/h3-6,15H,2,7-9H2,1H3,(H2,14,16). The van der Waals surface area contributed by atoms with Crippen LogP contribution in [0.5, 0.6) is 0 Å².